The summed E-state index contributed by atoms with van der Waals surface area (Å²) in [5, 5.41) is 0. The fourth-order valence-corrected chi connectivity index (χ4v) is 1.65. The molecular weight excluding hydrogens is 237 g/mol. The Morgan fingerprint density at radius 3 is 2.47 bits per heavy atom. The predicted octanol–water partition coefficient (Wildman–Crippen LogP) is 2.98. The maximum Gasteiger partial charge on any atom is 0.411 e. The second kappa shape index (κ2) is 4.88. The van der Waals surface area contributed by atoms with E-state index in [9.17, 15) is 4.57 Å². The summed E-state index contributed by atoms with van der Waals surface area (Å²) in [7, 11) is 4.73. The van der Waals surface area contributed by atoms with Crippen LogP contribution in [-0.4, -0.2) is 25.9 Å². The third-order valence-corrected chi connectivity index (χ3v) is 4.24. The molecule has 4 nitrogen and oxygen atoms in total. The maximum atomic E-state index is 11.7. The molecule has 1 aromatic rings. The zero-order valence-electron chi connectivity index (χ0n) is 8.81. The summed E-state index contributed by atoms with van der Waals surface area (Å²) in [5.74, 6) is 1.05. The first-order valence-corrected chi connectivity index (χ1v) is 6.75. The van der Waals surface area contributed by atoms with E-state index in [1.54, 1.807) is 45.5 Å². The van der Waals surface area contributed by atoms with E-state index in [-0.39, 0.29) is 0 Å². The molecular formula is C9H13ClNO3P. The standard InChI is InChI=1S/C9H13ClNO3P/c1-11(2)15(10,12)14-9-6-4-5-8(7-9)13-3/h4-7H,1-3H3/t15-/m0/s1. The van der Waals surface area contributed by atoms with Gasteiger partial charge in [-0.3, -0.25) is 0 Å². The summed E-state index contributed by atoms with van der Waals surface area (Å²) in [5.41, 5.74) is 0. The molecule has 0 bridgehead atoms. The minimum atomic E-state index is -3.27. The molecule has 0 aliphatic carbocycles. The largest absolute Gasteiger partial charge is 0.497 e. The summed E-state index contributed by atoms with van der Waals surface area (Å²) in [6.07, 6.45) is 0. The van der Waals surface area contributed by atoms with Crippen LogP contribution in [0.2, 0.25) is 0 Å². The topological polar surface area (TPSA) is 38.8 Å². The van der Waals surface area contributed by atoms with E-state index in [0.717, 1.165) is 0 Å². The first kappa shape index (κ1) is 12.4. The molecule has 0 spiro atoms. The Bertz CT molecular complexity index is 383. The van der Waals surface area contributed by atoms with E-state index in [1.165, 1.54) is 4.67 Å². The molecule has 1 rings (SSSR count). The fraction of sp³-hybridized carbons (Fsp3) is 0.333. The molecule has 0 aliphatic heterocycles. The second-order valence-corrected chi connectivity index (χ2v) is 6.24. The van der Waals surface area contributed by atoms with E-state index >= 15 is 0 Å². The van der Waals surface area contributed by atoms with Gasteiger partial charge in [0.25, 0.3) is 0 Å². The van der Waals surface area contributed by atoms with Crippen LogP contribution in [0.25, 0.3) is 0 Å². The van der Waals surface area contributed by atoms with Gasteiger partial charge in [-0.25, -0.2) is 9.24 Å². The number of methoxy groups -OCH3 is 1. The van der Waals surface area contributed by atoms with Crippen LogP contribution in [0.15, 0.2) is 24.3 Å². The van der Waals surface area contributed by atoms with Gasteiger partial charge in [0.1, 0.15) is 11.5 Å². The minimum absolute atomic E-state index is 0.418. The van der Waals surface area contributed by atoms with Crippen molar-refractivity contribution in [3.05, 3.63) is 24.3 Å². The molecule has 0 radical (unpaired) electrons. The average Bonchev–Trinajstić information content (AvgIpc) is 2.17. The highest BCUT2D eigenvalue weighted by Gasteiger charge is 2.24. The monoisotopic (exact) mass is 249 g/mol. The highest BCUT2D eigenvalue weighted by Crippen LogP contribution is 2.53. The van der Waals surface area contributed by atoms with Crippen molar-refractivity contribution in [2.45, 2.75) is 0 Å². The molecule has 1 atom stereocenters. The van der Waals surface area contributed by atoms with E-state index in [1.807, 2.05) is 0 Å². The molecule has 15 heavy (non-hydrogen) atoms. The Kier molecular flexibility index (Phi) is 4.03. The van der Waals surface area contributed by atoms with Gasteiger partial charge >= 0.3 is 6.87 Å². The van der Waals surface area contributed by atoms with Crippen molar-refractivity contribution >= 4 is 18.1 Å². The zero-order chi connectivity index (χ0) is 11.5. The third kappa shape index (κ3) is 3.42. The summed E-state index contributed by atoms with van der Waals surface area (Å²) >= 11 is 5.72. The van der Waals surface area contributed by atoms with Crippen molar-refractivity contribution in [2.24, 2.45) is 0 Å². The lowest BCUT2D eigenvalue weighted by atomic mass is 10.3. The third-order valence-electron chi connectivity index (χ3n) is 1.74. The number of ether oxygens (including phenoxy) is 1. The van der Waals surface area contributed by atoms with Crippen molar-refractivity contribution in [2.75, 3.05) is 21.2 Å². The molecule has 6 heteroatoms. The van der Waals surface area contributed by atoms with Crippen molar-refractivity contribution in [1.29, 1.82) is 0 Å². The van der Waals surface area contributed by atoms with Gasteiger partial charge < -0.3 is 9.26 Å². The van der Waals surface area contributed by atoms with E-state index in [2.05, 4.69) is 0 Å². The van der Waals surface area contributed by atoms with Gasteiger partial charge in [-0.15, -0.1) is 0 Å². The summed E-state index contributed by atoms with van der Waals surface area (Å²) in [6.45, 7) is -3.27. The van der Waals surface area contributed by atoms with Crippen LogP contribution < -0.4 is 9.26 Å². The van der Waals surface area contributed by atoms with Crippen molar-refractivity contribution < 1.29 is 13.8 Å². The molecule has 0 saturated heterocycles. The molecule has 84 valence electrons. The first-order valence-electron chi connectivity index (χ1n) is 4.27. The van der Waals surface area contributed by atoms with Crippen LogP contribution in [-0.2, 0) is 4.57 Å². The minimum Gasteiger partial charge on any atom is -0.497 e. The normalized spacial score (nSPS) is 14.7. The van der Waals surface area contributed by atoms with Gasteiger partial charge in [0, 0.05) is 17.3 Å². The lowest BCUT2D eigenvalue weighted by molar-refractivity contribution is 0.408. The highest BCUT2D eigenvalue weighted by molar-refractivity contribution is 7.83. The highest BCUT2D eigenvalue weighted by atomic mass is 35.7. The maximum absolute atomic E-state index is 11.7. The van der Waals surface area contributed by atoms with Crippen LogP contribution in [0, 0.1) is 0 Å². The Morgan fingerprint density at radius 2 is 1.93 bits per heavy atom. The van der Waals surface area contributed by atoms with Gasteiger partial charge in [0.15, 0.2) is 0 Å². The van der Waals surface area contributed by atoms with Gasteiger partial charge in [-0.2, -0.15) is 0 Å². The number of halogens is 1. The Morgan fingerprint density at radius 1 is 1.33 bits per heavy atom. The lowest BCUT2D eigenvalue weighted by Crippen LogP contribution is -2.08. The number of rotatable bonds is 4. The second-order valence-electron chi connectivity index (χ2n) is 3.07. The van der Waals surface area contributed by atoms with Crippen LogP contribution in [0.5, 0.6) is 11.5 Å². The molecule has 0 N–H and O–H groups in total. The Balaban J connectivity index is 2.85. The summed E-state index contributed by atoms with van der Waals surface area (Å²) in [4.78, 5) is 0. The lowest BCUT2D eigenvalue weighted by Gasteiger charge is -2.18. The van der Waals surface area contributed by atoms with Crippen molar-refractivity contribution in [3.63, 3.8) is 0 Å². The van der Waals surface area contributed by atoms with Crippen LogP contribution in [0.4, 0.5) is 0 Å². The quantitative estimate of drug-likeness (QED) is 0.769. The average molecular weight is 250 g/mol. The molecule has 0 heterocycles. The number of hydrogen-bond donors (Lipinski definition) is 0. The van der Waals surface area contributed by atoms with Gasteiger partial charge in [-0.05, 0) is 26.2 Å². The summed E-state index contributed by atoms with van der Waals surface area (Å²) in [6, 6.07) is 6.79. The number of benzene rings is 1. The van der Waals surface area contributed by atoms with Gasteiger partial charge in [-0.1, -0.05) is 6.07 Å². The molecule has 0 fully saturated rings. The van der Waals surface area contributed by atoms with E-state index < -0.39 is 6.87 Å². The van der Waals surface area contributed by atoms with Crippen molar-refractivity contribution in [1.82, 2.24) is 4.67 Å². The SMILES string of the molecule is COc1cccc(O[P@@](=O)(Cl)N(C)C)c1. The van der Waals surface area contributed by atoms with Crippen LogP contribution in [0.1, 0.15) is 0 Å². The van der Waals surface area contributed by atoms with Crippen LogP contribution in [0.3, 0.4) is 0 Å². The number of hydrogen-bond acceptors (Lipinski definition) is 3. The van der Waals surface area contributed by atoms with E-state index in [0.29, 0.717) is 11.5 Å². The van der Waals surface area contributed by atoms with Crippen LogP contribution >= 0.6 is 18.1 Å². The predicted molar refractivity (Wildman–Crippen MR) is 60.8 cm³/mol. The molecule has 0 amide bonds. The first-order chi connectivity index (χ1) is 6.95. The Labute approximate surface area is 94.0 Å². The molecule has 0 unspecified atom stereocenters. The fourth-order valence-electron chi connectivity index (χ4n) is 0.870. The molecule has 1 aromatic carbocycles. The van der Waals surface area contributed by atoms with Gasteiger partial charge in [0.2, 0.25) is 0 Å². The molecule has 0 saturated carbocycles. The summed E-state index contributed by atoms with van der Waals surface area (Å²) < 4.78 is 23.2. The molecule has 0 aromatic heterocycles. The number of nitrogens with zero attached hydrogens (tertiary/aromatic N) is 1. The zero-order valence-corrected chi connectivity index (χ0v) is 10.5. The van der Waals surface area contributed by atoms with Crippen molar-refractivity contribution in [3.8, 4) is 11.5 Å². The smallest absolute Gasteiger partial charge is 0.411 e. The molecule has 0 aliphatic rings. The van der Waals surface area contributed by atoms with E-state index in [4.69, 9.17) is 20.5 Å². The van der Waals surface area contributed by atoms with Gasteiger partial charge in [0.05, 0.1) is 7.11 Å². The Hall–Kier alpha value is -0.700.